The van der Waals surface area contributed by atoms with E-state index in [0.29, 0.717) is 30.8 Å². The van der Waals surface area contributed by atoms with Crippen LogP contribution in [0.4, 0.5) is 18.0 Å². The third kappa shape index (κ3) is 4.66. The molecule has 2 amide bonds. The van der Waals surface area contributed by atoms with E-state index < -0.39 is 11.7 Å². The average Bonchev–Trinajstić information content (AvgIpc) is 2.84. The smallest absolute Gasteiger partial charge is 0.354 e. The lowest BCUT2D eigenvalue weighted by molar-refractivity contribution is -0.137. The fourth-order valence-corrected chi connectivity index (χ4v) is 2.83. The van der Waals surface area contributed by atoms with Crippen LogP contribution in [0, 0.1) is 0 Å². The van der Waals surface area contributed by atoms with Gasteiger partial charge < -0.3 is 10.2 Å². The van der Waals surface area contributed by atoms with Crippen LogP contribution in [0.5, 0.6) is 0 Å². The quantitative estimate of drug-likeness (QED) is 0.901. The molecule has 0 spiro atoms. The maximum absolute atomic E-state index is 12.4. The number of carbonyl (C=O) groups is 2. The van der Waals surface area contributed by atoms with E-state index in [-0.39, 0.29) is 17.7 Å². The van der Waals surface area contributed by atoms with E-state index in [9.17, 15) is 22.8 Å². The van der Waals surface area contributed by atoms with Crippen molar-refractivity contribution in [3.63, 3.8) is 0 Å². The van der Waals surface area contributed by atoms with Crippen molar-refractivity contribution < 1.29 is 22.8 Å². The van der Waals surface area contributed by atoms with E-state index in [1.807, 2.05) is 0 Å². The predicted molar refractivity (Wildman–Crippen MR) is 77.6 cm³/mol. The molecule has 0 aliphatic carbocycles. The van der Waals surface area contributed by atoms with Crippen LogP contribution < -0.4 is 5.32 Å². The number of nitrogens with zero attached hydrogens (tertiary/aromatic N) is 1. The summed E-state index contributed by atoms with van der Waals surface area (Å²) in [6.45, 7) is 0.911. The Kier molecular flexibility index (Phi) is 5.33. The molecule has 4 nitrogen and oxygen atoms in total. The molecule has 0 unspecified atom stereocenters. The number of alkyl halides is 3. The first-order chi connectivity index (χ1) is 10.4. The summed E-state index contributed by atoms with van der Waals surface area (Å²) in [7, 11) is 0. The molecule has 1 heterocycles. The van der Waals surface area contributed by atoms with Crippen LogP contribution in [-0.2, 0) is 17.4 Å². The van der Waals surface area contributed by atoms with Gasteiger partial charge in [-0.3, -0.25) is 9.59 Å². The molecule has 1 aliphatic heterocycles. The van der Waals surface area contributed by atoms with Gasteiger partial charge in [0, 0.05) is 18.8 Å². The number of nitrogens with one attached hydrogen (secondary N) is 1. The maximum atomic E-state index is 12.4. The predicted octanol–water partition coefficient (Wildman–Crippen LogP) is 2.53. The van der Waals surface area contributed by atoms with Gasteiger partial charge in [-0.2, -0.15) is 13.2 Å². The van der Waals surface area contributed by atoms with Crippen molar-refractivity contribution in [1.82, 2.24) is 10.2 Å². The molecular formula is C14H15F3N2O2S. The van der Waals surface area contributed by atoms with E-state index in [1.54, 1.807) is 0 Å². The fraction of sp³-hybridized carbons (Fsp3) is 0.429. The van der Waals surface area contributed by atoms with Gasteiger partial charge in [0.15, 0.2) is 0 Å². The van der Waals surface area contributed by atoms with Crippen molar-refractivity contribution in [2.24, 2.45) is 0 Å². The number of thioether (sulfide) groups is 1. The third-order valence-corrected chi connectivity index (χ3v) is 4.09. The molecule has 1 aromatic carbocycles. The van der Waals surface area contributed by atoms with Crippen LogP contribution >= 0.6 is 11.8 Å². The molecule has 2 rings (SSSR count). The highest BCUT2D eigenvalue weighted by atomic mass is 32.2. The lowest BCUT2D eigenvalue weighted by Gasteiger charge is -2.14. The van der Waals surface area contributed by atoms with Crippen molar-refractivity contribution in [2.45, 2.75) is 12.6 Å². The van der Waals surface area contributed by atoms with Gasteiger partial charge in [0.05, 0.1) is 5.56 Å². The zero-order valence-electron chi connectivity index (χ0n) is 11.7. The molecule has 1 saturated heterocycles. The van der Waals surface area contributed by atoms with E-state index in [4.69, 9.17) is 0 Å². The highest BCUT2D eigenvalue weighted by Gasteiger charge is 2.29. The Hall–Kier alpha value is -1.70. The van der Waals surface area contributed by atoms with Gasteiger partial charge in [0.25, 0.3) is 5.24 Å². The standard InChI is InChI=1S/C14H15F3N2O2S/c15-14(16,17)11-3-1-10(2-4-11)5-6-18-12(20)9-19-7-8-22-13(19)21/h1-4H,5-9H2,(H,18,20). The largest absolute Gasteiger partial charge is 0.416 e. The lowest BCUT2D eigenvalue weighted by Crippen LogP contribution is -2.38. The minimum absolute atomic E-state index is 0.0266. The van der Waals surface area contributed by atoms with Gasteiger partial charge in [-0.05, 0) is 24.1 Å². The normalized spacial score (nSPS) is 15.2. The Bertz CT molecular complexity index is 546. The van der Waals surface area contributed by atoms with Gasteiger partial charge in [-0.1, -0.05) is 23.9 Å². The minimum atomic E-state index is -4.34. The number of benzene rings is 1. The molecule has 1 N–H and O–H groups in total. The minimum Gasteiger partial charge on any atom is -0.354 e. The lowest BCUT2D eigenvalue weighted by atomic mass is 10.1. The number of rotatable bonds is 5. The van der Waals surface area contributed by atoms with Crippen molar-refractivity contribution in [3.8, 4) is 0 Å². The number of hydrogen-bond acceptors (Lipinski definition) is 3. The van der Waals surface area contributed by atoms with E-state index in [2.05, 4.69) is 5.32 Å². The molecule has 0 bridgehead atoms. The van der Waals surface area contributed by atoms with Crippen molar-refractivity contribution >= 4 is 22.9 Å². The second-order valence-corrected chi connectivity index (χ2v) is 5.88. The summed E-state index contributed by atoms with van der Waals surface area (Å²) in [4.78, 5) is 24.5. The molecule has 1 aliphatic rings. The van der Waals surface area contributed by atoms with Crippen LogP contribution in [0.2, 0.25) is 0 Å². The molecule has 22 heavy (non-hydrogen) atoms. The molecular weight excluding hydrogens is 317 g/mol. The van der Waals surface area contributed by atoms with E-state index in [0.717, 1.165) is 12.1 Å². The van der Waals surface area contributed by atoms with Gasteiger partial charge >= 0.3 is 6.18 Å². The molecule has 0 atom stereocenters. The van der Waals surface area contributed by atoms with Crippen LogP contribution in [0.15, 0.2) is 24.3 Å². The molecule has 0 radical (unpaired) electrons. The summed E-state index contributed by atoms with van der Waals surface area (Å²) >= 11 is 1.19. The van der Waals surface area contributed by atoms with Crippen LogP contribution in [0.1, 0.15) is 11.1 Å². The summed E-state index contributed by atoms with van der Waals surface area (Å²) in [5.41, 5.74) is 0.0198. The highest BCUT2D eigenvalue weighted by Crippen LogP contribution is 2.29. The molecule has 1 fully saturated rings. The Morgan fingerprint density at radius 1 is 1.27 bits per heavy atom. The zero-order valence-corrected chi connectivity index (χ0v) is 12.5. The van der Waals surface area contributed by atoms with Crippen molar-refractivity contribution in [1.29, 1.82) is 0 Å². The van der Waals surface area contributed by atoms with Crippen LogP contribution in [0.3, 0.4) is 0 Å². The highest BCUT2D eigenvalue weighted by molar-refractivity contribution is 8.13. The Morgan fingerprint density at radius 2 is 1.95 bits per heavy atom. The monoisotopic (exact) mass is 332 g/mol. The SMILES string of the molecule is O=C(CN1CCSC1=O)NCCc1ccc(C(F)(F)F)cc1. The van der Waals surface area contributed by atoms with Gasteiger partial charge in [0.1, 0.15) is 6.54 Å². The van der Waals surface area contributed by atoms with Crippen molar-refractivity contribution in [3.05, 3.63) is 35.4 Å². The number of carbonyl (C=O) groups excluding carboxylic acids is 2. The first-order valence-corrected chi connectivity index (χ1v) is 7.69. The first-order valence-electron chi connectivity index (χ1n) is 6.71. The second-order valence-electron chi connectivity index (χ2n) is 4.83. The summed E-state index contributed by atoms with van der Waals surface area (Å²) in [5.74, 6) is 0.431. The zero-order chi connectivity index (χ0) is 16.2. The summed E-state index contributed by atoms with van der Waals surface area (Å²) < 4.78 is 37.2. The topological polar surface area (TPSA) is 49.4 Å². The Balaban J connectivity index is 1.74. The number of amides is 2. The average molecular weight is 332 g/mol. The molecule has 1 aromatic rings. The first kappa shape index (κ1) is 16.7. The van der Waals surface area contributed by atoms with E-state index >= 15 is 0 Å². The fourth-order valence-electron chi connectivity index (χ4n) is 2.01. The Morgan fingerprint density at radius 3 is 2.50 bits per heavy atom. The molecule has 8 heteroatoms. The van der Waals surface area contributed by atoms with Crippen molar-refractivity contribution in [2.75, 3.05) is 25.4 Å². The van der Waals surface area contributed by atoms with E-state index in [1.165, 1.54) is 28.8 Å². The molecule has 0 saturated carbocycles. The summed E-state index contributed by atoms with van der Waals surface area (Å²) in [6, 6.07) is 4.85. The molecule has 120 valence electrons. The number of halogens is 3. The van der Waals surface area contributed by atoms with Crippen LogP contribution in [-0.4, -0.2) is 41.4 Å². The van der Waals surface area contributed by atoms with Gasteiger partial charge in [0.2, 0.25) is 5.91 Å². The number of hydrogen-bond donors (Lipinski definition) is 1. The van der Waals surface area contributed by atoms with Gasteiger partial charge in [-0.25, -0.2) is 0 Å². The van der Waals surface area contributed by atoms with Crippen LogP contribution in [0.25, 0.3) is 0 Å². The third-order valence-electron chi connectivity index (χ3n) is 3.20. The second kappa shape index (κ2) is 7.04. The summed E-state index contributed by atoms with van der Waals surface area (Å²) in [6.07, 6.45) is -3.90. The Labute approximate surface area is 130 Å². The maximum Gasteiger partial charge on any atom is 0.416 e. The molecule has 0 aromatic heterocycles. The van der Waals surface area contributed by atoms with Gasteiger partial charge in [-0.15, -0.1) is 0 Å². The summed E-state index contributed by atoms with van der Waals surface area (Å²) in [5, 5.41) is 2.56.